The lowest BCUT2D eigenvalue weighted by atomic mass is 10.0. The molecule has 22 heavy (non-hydrogen) atoms. The van der Waals surface area contributed by atoms with E-state index in [2.05, 4.69) is 6.08 Å². The SMILES string of the molecule is Cl/C1=C/C(c2ccccc2)=N\C(c2cccc(Cl)c2)=C/CC1. The quantitative estimate of drug-likeness (QED) is 0.633. The highest BCUT2D eigenvalue weighted by Crippen LogP contribution is 2.25. The maximum atomic E-state index is 6.29. The molecule has 0 radical (unpaired) electrons. The molecule has 1 nitrogen and oxygen atoms in total. The summed E-state index contributed by atoms with van der Waals surface area (Å²) in [6, 6.07) is 17.8. The predicted octanol–water partition coefficient (Wildman–Crippen LogP) is 6.09. The van der Waals surface area contributed by atoms with Crippen molar-refractivity contribution in [3.05, 3.63) is 87.9 Å². The Morgan fingerprint density at radius 2 is 1.64 bits per heavy atom. The Hall–Kier alpha value is -1.83. The molecule has 2 aromatic carbocycles. The molecule has 0 aliphatic carbocycles. The van der Waals surface area contributed by atoms with E-state index in [1.165, 1.54) is 0 Å². The van der Waals surface area contributed by atoms with E-state index in [1.807, 2.05) is 60.7 Å². The second-order valence-electron chi connectivity index (χ2n) is 5.09. The molecule has 0 saturated heterocycles. The zero-order chi connectivity index (χ0) is 15.4. The van der Waals surface area contributed by atoms with Crippen molar-refractivity contribution in [3.63, 3.8) is 0 Å². The van der Waals surface area contributed by atoms with Crippen molar-refractivity contribution in [1.82, 2.24) is 0 Å². The summed E-state index contributed by atoms with van der Waals surface area (Å²) >= 11 is 12.4. The van der Waals surface area contributed by atoms with Crippen LogP contribution in [0.25, 0.3) is 5.70 Å². The molecule has 0 N–H and O–H groups in total. The molecule has 0 saturated carbocycles. The first-order valence-corrected chi connectivity index (χ1v) is 7.94. The van der Waals surface area contributed by atoms with Gasteiger partial charge in [0.05, 0.1) is 11.4 Å². The highest BCUT2D eigenvalue weighted by atomic mass is 35.5. The van der Waals surface area contributed by atoms with E-state index in [1.54, 1.807) is 0 Å². The van der Waals surface area contributed by atoms with Gasteiger partial charge >= 0.3 is 0 Å². The largest absolute Gasteiger partial charge is 0.248 e. The van der Waals surface area contributed by atoms with E-state index >= 15 is 0 Å². The van der Waals surface area contributed by atoms with Crippen LogP contribution in [0.2, 0.25) is 5.02 Å². The van der Waals surface area contributed by atoms with Crippen molar-refractivity contribution in [3.8, 4) is 0 Å². The first kappa shape index (κ1) is 15.1. The smallest absolute Gasteiger partial charge is 0.0720 e. The Kier molecular flexibility index (Phi) is 4.77. The van der Waals surface area contributed by atoms with Gasteiger partial charge in [0.1, 0.15) is 0 Å². The molecule has 1 aliphatic rings. The number of allylic oxidation sites excluding steroid dienone is 3. The number of nitrogens with zero attached hydrogens (tertiary/aromatic N) is 1. The summed E-state index contributed by atoms with van der Waals surface area (Å²) < 4.78 is 0. The van der Waals surface area contributed by atoms with E-state index in [4.69, 9.17) is 28.2 Å². The van der Waals surface area contributed by atoms with Crippen LogP contribution in [0, 0.1) is 0 Å². The molecule has 0 amide bonds. The minimum atomic E-state index is 0.713. The van der Waals surface area contributed by atoms with Crippen LogP contribution in [0.5, 0.6) is 0 Å². The van der Waals surface area contributed by atoms with Crippen molar-refractivity contribution in [2.75, 3.05) is 0 Å². The minimum absolute atomic E-state index is 0.713. The molecule has 3 heteroatoms. The molecule has 0 aromatic heterocycles. The van der Waals surface area contributed by atoms with Gasteiger partial charge in [-0.2, -0.15) is 0 Å². The molecule has 0 spiro atoms. The van der Waals surface area contributed by atoms with Gasteiger partial charge in [0, 0.05) is 21.2 Å². The molecule has 1 heterocycles. The Labute approximate surface area is 140 Å². The number of hydrogen-bond acceptors (Lipinski definition) is 1. The fourth-order valence-corrected chi connectivity index (χ4v) is 2.76. The average Bonchev–Trinajstić information content (AvgIpc) is 2.51. The number of aliphatic imine (C=N–C) groups is 1. The molecule has 0 unspecified atom stereocenters. The van der Waals surface area contributed by atoms with E-state index in [0.717, 1.165) is 40.4 Å². The van der Waals surface area contributed by atoms with Gasteiger partial charge in [-0.05, 0) is 31.1 Å². The maximum Gasteiger partial charge on any atom is 0.0720 e. The van der Waals surface area contributed by atoms with Crippen LogP contribution in [0.3, 0.4) is 0 Å². The van der Waals surface area contributed by atoms with E-state index in [-0.39, 0.29) is 0 Å². The maximum absolute atomic E-state index is 6.29. The van der Waals surface area contributed by atoms with Crippen LogP contribution in [-0.2, 0) is 0 Å². The summed E-state index contributed by atoms with van der Waals surface area (Å²) in [5.41, 5.74) is 3.88. The van der Waals surface area contributed by atoms with E-state index in [9.17, 15) is 0 Å². The Balaban J connectivity index is 2.08. The molecular weight excluding hydrogens is 313 g/mol. The van der Waals surface area contributed by atoms with Gasteiger partial charge < -0.3 is 0 Å². The van der Waals surface area contributed by atoms with Gasteiger partial charge in [0.25, 0.3) is 0 Å². The Morgan fingerprint density at radius 1 is 0.864 bits per heavy atom. The lowest BCUT2D eigenvalue weighted by molar-refractivity contribution is 1.03. The summed E-state index contributed by atoms with van der Waals surface area (Å²) in [5.74, 6) is 0. The number of rotatable bonds is 2. The molecule has 0 atom stereocenters. The molecule has 3 rings (SSSR count). The standard InChI is InChI=1S/C19H15Cl2N/c20-16-9-4-8-15(12-16)18-11-5-10-17(21)13-19(22-18)14-6-2-1-3-7-14/h1-4,6-9,11-13H,5,10H2/b17-13+,18-11-,22-19+. The highest BCUT2D eigenvalue weighted by molar-refractivity contribution is 6.32. The van der Waals surface area contributed by atoms with Gasteiger partial charge in [-0.3, -0.25) is 0 Å². The van der Waals surface area contributed by atoms with E-state index in [0.29, 0.717) is 5.02 Å². The zero-order valence-corrected chi connectivity index (χ0v) is 13.5. The predicted molar refractivity (Wildman–Crippen MR) is 95.6 cm³/mol. The second-order valence-corrected chi connectivity index (χ2v) is 6.01. The highest BCUT2D eigenvalue weighted by Gasteiger charge is 2.09. The van der Waals surface area contributed by atoms with Gasteiger partial charge in [-0.15, -0.1) is 0 Å². The average molecular weight is 328 g/mol. The van der Waals surface area contributed by atoms with Gasteiger partial charge in [0.15, 0.2) is 0 Å². The molecule has 110 valence electrons. The van der Waals surface area contributed by atoms with Crippen LogP contribution in [0.1, 0.15) is 24.0 Å². The minimum Gasteiger partial charge on any atom is -0.248 e. The van der Waals surface area contributed by atoms with Crippen LogP contribution >= 0.6 is 23.2 Å². The van der Waals surface area contributed by atoms with Crippen LogP contribution in [0.15, 0.2) is 76.8 Å². The zero-order valence-electron chi connectivity index (χ0n) is 12.0. The lowest BCUT2D eigenvalue weighted by Crippen LogP contribution is -2.00. The Morgan fingerprint density at radius 3 is 2.41 bits per heavy atom. The van der Waals surface area contributed by atoms with Crippen LogP contribution in [0.4, 0.5) is 0 Å². The lowest BCUT2D eigenvalue weighted by Gasteiger charge is -2.10. The summed E-state index contributed by atoms with van der Waals surface area (Å²) in [6.07, 6.45) is 5.75. The molecule has 0 bridgehead atoms. The van der Waals surface area contributed by atoms with Crippen molar-refractivity contribution < 1.29 is 0 Å². The van der Waals surface area contributed by atoms with Crippen LogP contribution < -0.4 is 0 Å². The van der Waals surface area contributed by atoms with Gasteiger partial charge in [-0.1, -0.05) is 71.7 Å². The van der Waals surface area contributed by atoms with Gasteiger partial charge in [0.2, 0.25) is 0 Å². The summed E-state index contributed by atoms with van der Waals surface area (Å²) in [7, 11) is 0. The van der Waals surface area contributed by atoms with Crippen molar-refractivity contribution in [2.24, 2.45) is 4.99 Å². The monoisotopic (exact) mass is 327 g/mol. The van der Waals surface area contributed by atoms with E-state index < -0.39 is 0 Å². The number of hydrogen-bond donors (Lipinski definition) is 0. The van der Waals surface area contributed by atoms with Crippen molar-refractivity contribution in [1.29, 1.82) is 0 Å². The fourth-order valence-electron chi connectivity index (χ4n) is 2.36. The third kappa shape index (κ3) is 3.68. The first-order chi connectivity index (χ1) is 10.7. The topological polar surface area (TPSA) is 12.4 Å². The molecule has 0 fully saturated rings. The summed E-state index contributed by atoms with van der Waals surface area (Å²) in [6.45, 7) is 0. The summed E-state index contributed by atoms with van der Waals surface area (Å²) in [5, 5.41) is 1.54. The molecule has 2 aromatic rings. The normalized spacial score (nSPS) is 22.4. The van der Waals surface area contributed by atoms with Crippen molar-refractivity contribution in [2.45, 2.75) is 12.8 Å². The Bertz CT molecular complexity index is 758. The van der Waals surface area contributed by atoms with Crippen molar-refractivity contribution >= 4 is 34.6 Å². The fraction of sp³-hybridized carbons (Fsp3) is 0.105. The molecular formula is C19H15Cl2N. The van der Waals surface area contributed by atoms with Crippen LogP contribution in [-0.4, -0.2) is 5.71 Å². The third-order valence-electron chi connectivity index (χ3n) is 3.45. The second kappa shape index (κ2) is 6.95. The molecule has 1 aliphatic heterocycles. The van der Waals surface area contributed by atoms with Gasteiger partial charge in [-0.25, -0.2) is 4.99 Å². The number of halogens is 2. The third-order valence-corrected chi connectivity index (χ3v) is 3.98. The summed E-state index contributed by atoms with van der Waals surface area (Å²) in [4.78, 5) is 4.83. The first-order valence-electron chi connectivity index (χ1n) is 7.19. The number of benzene rings is 2.